The summed E-state index contributed by atoms with van der Waals surface area (Å²) in [6.07, 6.45) is 6.11. The molecule has 0 aliphatic heterocycles. The highest BCUT2D eigenvalue weighted by molar-refractivity contribution is 5.87. The predicted molar refractivity (Wildman–Crippen MR) is 134 cm³/mol. The van der Waals surface area contributed by atoms with Gasteiger partial charge in [0, 0.05) is 25.4 Å². The zero-order chi connectivity index (χ0) is 25.0. The molecule has 3 rings (SSSR count). The number of benzene rings is 2. The summed E-state index contributed by atoms with van der Waals surface area (Å²) < 4.78 is 6.12. The number of hydrogen-bond donors (Lipinski definition) is 2. The number of aliphatic carboxylic acids is 1. The van der Waals surface area contributed by atoms with E-state index in [2.05, 4.69) is 15.8 Å². The third-order valence-electron chi connectivity index (χ3n) is 6.53. The number of carbonyl (C=O) groups is 2. The first kappa shape index (κ1) is 26.2. The van der Waals surface area contributed by atoms with Gasteiger partial charge >= 0.3 is 11.9 Å². The van der Waals surface area contributed by atoms with Crippen molar-refractivity contribution in [1.29, 1.82) is 0 Å². The van der Waals surface area contributed by atoms with Gasteiger partial charge in [-0.15, -0.1) is 0 Å². The normalized spacial score (nSPS) is 14.8. The summed E-state index contributed by atoms with van der Waals surface area (Å²) in [5.41, 5.74) is 3.87. The Balaban J connectivity index is 1.71. The Bertz CT molecular complexity index is 1030. The van der Waals surface area contributed by atoms with Crippen LogP contribution in [0.25, 0.3) is 4.85 Å². The molecule has 186 valence electrons. The molecule has 0 heterocycles. The summed E-state index contributed by atoms with van der Waals surface area (Å²) in [6, 6.07) is 13.5. The van der Waals surface area contributed by atoms with E-state index in [-0.39, 0.29) is 12.0 Å². The molecule has 2 aromatic rings. The fraction of sp³-hybridized carbons (Fsp3) is 0.464. The molecule has 1 aliphatic carbocycles. The Hall–Kier alpha value is -3.37. The smallest absolute Gasteiger partial charge is 0.335 e. The van der Waals surface area contributed by atoms with E-state index in [9.17, 15) is 14.7 Å². The Morgan fingerprint density at radius 1 is 1.06 bits per heavy atom. The maximum Gasteiger partial charge on any atom is 0.335 e. The molecule has 2 N–H and O–H groups in total. The Morgan fingerprint density at radius 2 is 1.86 bits per heavy atom. The predicted octanol–water partition coefficient (Wildman–Crippen LogP) is 5.08. The SMILES string of the molecule is [C-]#[N+]CCCCOc1cccc2c1CC(N(CCCCC(=O)O)Cc1ccc(C(=O)O)cc1)CC2. The number of aromatic carboxylic acids is 1. The lowest BCUT2D eigenvalue weighted by atomic mass is 9.86. The van der Waals surface area contributed by atoms with E-state index in [0.29, 0.717) is 32.2 Å². The molecule has 35 heavy (non-hydrogen) atoms. The van der Waals surface area contributed by atoms with Crippen molar-refractivity contribution < 1.29 is 24.5 Å². The largest absolute Gasteiger partial charge is 0.493 e. The molecule has 2 aromatic carbocycles. The number of carboxylic acid groups (broad SMARTS) is 2. The van der Waals surface area contributed by atoms with Crippen LogP contribution in [0.1, 0.15) is 65.6 Å². The highest BCUT2D eigenvalue weighted by Crippen LogP contribution is 2.32. The maximum absolute atomic E-state index is 11.2. The quantitative estimate of drug-likeness (QED) is 0.291. The van der Waals surface area contributed by atoms with Crippen LogP contribution < -0.4 is 4.74 Å². The van der Waals surface area contributed by atoms with E-state index in [1.165, 1.54) is 11.1 Å². The van der Waals surface area contributed by atoms with Gasteiger partial charge in [-0.1, -0.05) is 24.3 Å². The van der Waals surface area contributed by atoms with Crippen LogP contribution in [-0.2, 0) is 24.2 Å². The zero-order valence-corrected chi connectivity index (χ0v) is 20.1. The standard InChI is InChI=1S/C28H34N2O5/c1-29-16-3-5-18-35-26-8-6-7-22-14-15-24(19-25(22)26)30(17-4-2-9-27(31)32)20-21-10-12-23(13-11-21)28(33)34/h6-8,10-13,24H,2-5,9,14-20H2,(H,31,32)(H,33,34). The molecule has 7 nitrogen and oxygen atoms in total. The van der Waals surface area contributed by atoms with Gasteiger partial charge < -0.3 is 19.8 Å². The first-order valence-corrected chi connectivity index (χ1v) is 12.3. The van der Waals surface area contributed by atoms with Gasteiger partial charge in [0.1, 0.15) is 5.75 Å². The van der Waals surface area contributed by atoms with Crippen LogP contribution in [0, 0.1) is 6.57 Å². The molecule has 0 fully saturated rings. The number of unbranched alkanes of at least 4 members (excludes halogenated alkanes) is 2. The summed E-state index contributed by atoms with van der Waals surface area (Å²) in [5.74, 6) is -0.787. The van der Waals surface area contributed by atoms with Gasteiger partial charge in [0.15, 0.2) is 0 Å². The van der Waals surface area contributed by atoms with Crippen molar-refractivity contribution in [3.63, 3.8) is 0 Å². The monoisotopic (exact) mass is 478 g/mol. The molecule has 0 spiro atoms. The molecule has 0 aromatic heterocycles. The molecule has 1 aliphatic rings. The summed E-state index contributed by atoms with van der Waals surface area (Å²) in [4.78, 5) is 28.0. The second-order valence-electron chi connectivity index (χ2n) is 9.05. The second-order valence-corrected chi connectivity index (χ2v) is 9.05. The third-order valence-corrected chi connectivity index (χ3v) is 6.53. The van der Waals surface area contributed by atoms with Crippen LogP contribution in [0.5, 0.6) is 5.75 Å². The highest BCUT2D eigenvalue weighted by Gasteiger charge is 2.26. The molecule has 1 atom stereocenters. The number of hydrogen-bond acceptors (Lipinski definition) is 4. The van der Waals surface area contributed by atoms with Gasteiger partial charge in [0.05, 0.1) is 12.2 Å². The van der Waals surface area contributed by atoms with Crippen LogP contribution in [-0.4, -0.2) is 52.8 Å². The summed E-state index contributed by atoms with van der Waals surface area (Å²) >= 11 is 0. The molecular weight excluding hydrogens is 444 g/mol. The van der Waals surface area contributed by atoms with E-state index < -0.39 is 11.9 Å². The minimum Gasteiger partial charge on any atom is -0.493 e. The van der Waals surface area contributed by atoms with Crippen LogP contribution in [0.15, 0.2) is 42.5 Å². The van der Waals surface area contributed by atoms with Crippen molar-refractivity contribution in [2.75, 3.05) is 19.7 Å². The molecule has 0 saturated carbocycles. The van der Waals surface area contributed by atoms with E-state index in [4.69, 9.17) is 16.4 Å². The van der Waals surface area contributed by atoms with E-state index >= 15 is 0 Å². The minimum absolute atomic E-state index is 0.167. The number of carboxylic acids is 2. The fourth-order valence-corrected chi connectivity index (χ4v) is 4.63. The fourth-order valence-electron chi connectivity index (χ4n) is 4.63. The molecule has 0 bridgehead atoms. The highest BCUT2D eigenvalue weighted by atomic mass is 16.5. The lowest BCUT2D eigenvalue weighted by molar-refractivity contribution is -0.137. The summed E-state index contributed by atoms with van der Waals surface area (Å²) in [5, 5.41) is 18.2. The molecule has 0 saturated heterocycles. The third kappa shape index (κ3) is 8.11. The minimum atomic E-state index is -0.937. The van der Waals surface area contributed by atoms with Crippen LogP contribution >= 0.6 is 0 Å². The molecule has 7 heteroatoms. The molecule has 1 unspecified atom stereocenters. The molecule has 0 radical (unpaired) electrons. The van der Waals surface area contributed by atoms with Crippen molar-refractivity contribution in [2.24, 2.45) is 0 Å². The van der Waals surface area contributed by atoms with Gasteiger partial charge in [-0.2, -0.15) is 0 Å². The first-order valence-electron chi connectivity index (χ1n) is 12.3. The van der Waals surface area contributed by atoms with Gasteiger partial charge in [-0.05, 0) is 80.0 Å². The first-order chi connectivity index (χ1) is 17.0. The zero-order valence-electron chi connectivity index (χ0n) is 20.1. The Kier molecular flexibility index (Phi) is 10.1. The number of nitrogens with zero attached hydrogens (tertiary/aromatic N) is 2. The summed E-state index contributed by atoms with van der Waals surface area (Å²) in [6.45, 7) is 9.51. The lowest BCUT2D eigenvalue weighted by Gasteiger charge is -2.36. The number of aryl methyl sites for hydroxylation is 1. The van der Waals surface area contributed by atoms with Crippen molar-refractivity contribution in [2.45, 2.75) is 64.0 Å². The molecular formula is C28H34N2O5. The van der Waals surface area contributed by atoms with Crippen LogP contribution in [0.2, 0.25) is 0 Å². The van der Waals surface area contributed by atoms with Gasteiger partial charge in [0.2, 0.25) is 6.54 Å². The number of fused-ring (bicyclic) bond motifs is 1. The number of ether oxygens (including phenoxy) is 1. The van der Waals surface area contributed by atoms with E-state index in [1.807, 2.05) is 24.3 Å². The molecule has 0 amide bonds. The van der Waals surface area contributed by atoms with Crippen molar-refractivity contribution in [1.82, 2.24) is 4.90 Å². The van der Waals surface area contributed by atoms with E-state index in [1.54, 1.807) is 12.1 Å². The average molecular weight is 479 g/mol. The van der Waals surface area contributed by atoms with Gasteiger partial charge in [0.25, 0.3) is 0 Å². The van der Waals surface area contributed by atoms with Gasteiger partial charge in [-0.25, -0.2) is 11.4 Å². The van der Waals surface area contributed by atoms with Crippen molar-refractivity contribution >= 4 is 11.9 Å². The van der Waals surface area contributed by atoms with Crippen LogP contribution in [0.4, 0.5) is 0 Å². The topological polar surface area (TPSA) is 91.4 Å². The summed E-state index contributed by atoms with van der Waals surface area (Å²) in [7, 11) is 0. The van der Waals surface area contributed by atoms with Crippen molar-refractivity contribution in [3.05, 3.63) is 76.1 Å². The average Bonchev–Trinajstić information content (AvgIpc) is 2.85. The Morgan fingerprint density at radius 3 is 2.57 bits per heavy atom. The van der Waals surface area contributed by atoms with Gasteiger partial charge in [-0.3, -0.25) is 9.69 Å². The van der Waals surface area contributed by atoms with Crippen molar-refractivity contribution in [3.8, 4) is 5.75 Å². The van der Waals surface area contributed by atoms with Crippen LogP contribution in [0.3, 0.4) is 0 Å². The van der Waals surface area contributed by atoms with E-state index in [0.717, 1.165) is 56.4 Å². The second kappa shape index (κ2) is 13.5. The Labute approximate surface area is 207 Å². The maximum atomic E-state index is 11.2. The lowest BCUT2D eigenvalue weighted by Crippen LogP contribution is -2.39. The number of rotatable bonds is 14.